The average Bonchev–Trinajstić information content (AvgIpc) is 3.29. The highest BCUT2D eigenvalue weighted by Gasteiger charge is 2.47. The normalized spacial score (nSPS) is 23.1. The predicted octanol–water partition coefficient (Wildman–Crippen LogP) is 4.13. The lowest BCUT2D eigenvalue weighted by atomic mass is 10.0. The summed E-state index contributed by atoms with van der Waals surface area (Å²) < 4.78 is 37.9. The molecule has 3 atom stereocenters. The summed E-state index contributed by atoms with van der Waals surface area (Å²) in [5.74, 6) is 0.0509. The van der Waals surface area contributed by atoms with Gasteiger partial charge in [-0.1, -0.05) is 18.2 Å². The summed E-state index contributed by atoms with van der Waals surface area (Å²) in [6.45, 7) is 0.511. The summed E-state index contributed by atoms with van der Waals surface area (Å²) in [7, 11) is 0. The second-order valence-electron chi connectivity index (χ2n) is 7.49. The van der Waals surface area contributed by atoms with Gasteiger partial charge in [0.25, 0.3) is 5.91 Å². The highest BCUT2D eigenvalue weighted by molar-refractivity contribution is 5.94. The lowest BCUT2D eigenvalue weighted by Gasteiger charge is -2.32. The van der Waals surface area contributed by atoms with E-state index in [-0.39, 0.29) is 29.9 Å². The van der Waals surface area contributed by atoms with E-state index in [4.69, 9.17) is 0 Å². The van der Waals surface area contributed by atoms with Crippen LogP contribution in [0.1, 0.15) is 28.8 Å². The molecule has 2 N–H and O–H groups in total. The second kappa shape index (κ2) is 7.42. The monoisotopic (exact) mass is 403 g/mol. The number of benzene rings is 2. The number of halogens is 3. The highest BCUT2D eigenvalue weighted by atomic mass is 19.4. The molecule has 2 aromatic rings. The topological polar surface area (TPSA) is 61.4 Å². The minimum Gasteiger partial charge on any atom is -0.349 e. The zero-order valence-corrected chi connectivity index (χ0v) is 15.4. The number of urea groups is 1. The van der Waals surface area contributed by atoms with Crippen LogP contribution in [-0.4, -0.2) is 35.5 Å². The standard InChI is InChI=1S/C21H20F3N3O2/c22-21(23,24)15-6-8-16(9-7-15)25-20(29)27-12-14-10-17(27)11-18(14)26-19(28)13-4-2-1-3-5-13/h1-9,14,17-18H,10-12H2,(H,25,29)(H,26,28)/t14-,17-,18-/m0/s1. The van der Waals surface area contributed by atoms with Gasteiger partial charge in [-0.25, -0.2) is 4.79 Å². The molecule has 1 aliphatic carbocycles. The van der Waals surface area contributed by atoms with E-state index >= 15 is 0 Å². The Bertz CT molecular complexity index is 900. The van der Waals surface area contributed by atoms with Crippen molar-refractivity contribution in [1.29, 1.82) is 0 Å². The molecule has 0 aromatic heterocycles. The lowest BCUT2D eigenvalue weighted by molar-refractivity contribution is -0.137. The first-order valence-electron chi connectivity index (χ1n) is 9.42. The maximum Gasteiger partial charge on any atom is 0.416 e. The van der Waals surface area contributed by atoms with E-state index in [9.17, 15) is 22.8 Å². The molecule has 152 valence electrons. The molecule has 2 bridgehead atoms. The second-order valence-corrected chi connectivity index (χ2v) is 7.49. The first kappa shape index (κ1) is 19.3. The largest absolute Gasteiger partial charge is 0.416 e. The lowest BCUT2D eigenvalue weighted by Crippen LogP contribution is -2.48. The number of anilines is 1. The van der Waals surface area contributed by atoms with Crippen LogP contribution in [0.5, 0.6) is 0 Å². The van der Waals surface area contributed by atoms with Gasteiger partial charge in [-0.3, -0.25) is 4.79 Å². The van der Waals surface area contributed by atoms with E-state index in [0.717, 1.165) is 18.6 Å². The van der Waals surface area contributed by atoms with Crippen molar-refractivity contribution < 1.29 is 22.8 Å². The van der Waals surface area contributed by atoms with Crippen LogP contribution in [0.25, 0.3) is 0 Å². The van der Waals surface area contributed by atoms with Gasteiger partial charge in [0, 0.05) is 29.9 Å². The molecule has 3 amide bonds. The van der Waals surface area contributed by atoms with Crippen molar-refractivity contribution in [2.75, 3.05) is 11.9 Å². The molecule has 0 unspecified atom stereocenters. The number of likely N-dealkylation sites (tertiary alicyclic amines) is 1. The summed E-state index contributed by atoms with van der Waals surface area (Å²) in [6, 6.07) is 13.1. The molecule has 1 heterocycles. The molecule has 1 saturated carbocycles. The van der Waals surface area contributed by atoms with Crippen molar-refractivity contribution >= 4 is 17.6 Å². The zero-order valence-electron chi connectivity index (χ0n) is 15.4. The fourth-order valence-corrected chi connectivity index (χ4v) is 4.16. The number of alkyl halides is 3. The van der Waals surface area contributed by atoms with Gasteiger partial charge >= 0.3 is 12.2 Å². The van der Waals surface area contributed by atoms with Gasteiger partial charge in [0.1, 0.15) is 0 Å². The van der Waals surface area contributed by atoms with Crippen molar-refractivity contribution in [3.63, 3.8) is 0 Å². The number of nitrogens with one attached hydrogen (secondary N) is 2. The van der Waals surface area contributed by atoms with E-state index in [1.54, 1.807) is 17.0 Å². The molecule has 2 aromatic carbocycles. The first-order chi connectivity index (χ1) is 13.8. The van der Waals surface area contributed by atoms with Gasteiger partial charge in [0.15, 0.2) is 0 Å². The SMILES string of the molecule is O=C(N[C@H]1C[C@@H]2C[C@H]1CN2C(=O)Nc1ccc(C(F)(F)F)cc1)c1ccccc1. The molecule has 2 aliphatic rings. The summed E-state index contributed by atoms with van der Waals surface area (Å²) in [5.41, 5.74) is 0.166. The van der Waals surface area contributed by atoms with Gasteiger partial charge in [-0.05, 0) is 55.2 Å². The van der Waals surface area contributed by atoms with E-state index in [0.29, 0.717) is 24.2 Å². The Morgan fingerprint density at radius 1 is 0.966 bits per heavy atom. The van der Waals surface area contributed by atoms with Crippen molar-refractivity contribution in [2.45, 2.75) is 31.1 Å². The number of hydrogen-bond acceptors (Lipinski definition) is 2. The minimum absolute atomic E-state index is 0.00974. The van der Waals surface area contributed by atoms with Gasteiger partial charge < -0.3 is 15.5 Å². The Labute approximate surface area is 165 Å². The molecule has 5 nitrogen and oxygen atoms in total. The Morgan fingerprint density at radius 3 is 2.24 bits per heavy atom. The van der Waals surface area contributed by atoms with E-state index in [1.165, 1.54) is 12.1 Å². The number of piperidine rings is 1. The molecular formula is C21H20F3N3O2. The number of rotatable bonds is 3. The minimum atomic E-state index is -4.41. The number of fused-ring (bicyclic) bond motifs is 2. The molecule has 29 heavy (non-hydrogen) atoms. The van der Waals surface area contributed by atoms with Gasteiger partial charge in [0.2, 0.25) is 0 Å². The quantitative estimate of drug-likeness (QED) is 0.810. The summed E-state index contributed by atoms with van der Waals surface area (Å²) >= 11 is 0. The number of carbonyl (C=O) groups is 2. The van der Waals surface area contributed by atoms with Gasteiger partial charge in [0.05, 0.1) is 5.56 Å². The van der Waals surface area contributed by atoms with Crippen LogP contribution in [0, 0.1) is 5.92 Å². The number of hydrogen-bond donors (Lipinski definition) is 2. The maximum absolute atomic E-state index is 12.6. The fourth-order valence-electron chi connectivity index (χ4n) is 4.16. The van der Waals surface area contributed by atoms with Crippen molar-refractivity contribution in [3.8, 4) is 0 Å². The van der Waals surface area contributed by atoms with Crippen molar-refractivity contribution in [1.82, 2.24) is 10.2 Å². The van der Waals surface area contributed by atoms with Crippen LogP contribution in [-0.2, 0) is 6.18 Å². The van der Waals surface area contributed by atoms with Crippen LogP contribution in [0.4, 0.5) is 23.7 Å². The molecule has 4 rings (SSSR count). The maximum atomic E-state index is 12.6. The Kier molecular flexibility index (Phi) is 4.94. The Morgan fingerprint density at radius 2 is 1.66 bits per heavy atom. The highest BCUT2D eigenvalue weighted by Crippen LogP contribution is 2.38. The Balaban J connectivity index is 1.32. The average molecular weight is 403 g/mol. The molecule has 1 saturated heterocycles. The van der Waals surface area contributed by atoms with Crippen LogP contribution in [0.15, 0.2) is 54.6 Å². The van der Waals surface area contributed by atoms with E-state index in [1.807, 2.05) is 18.2 Å². The number of nitrogens with zero attached hydrogens (tertiary/aromatic N) is 1. The van der Waals surface area contributed by atoms with Gasteiger partial charge in [-0.15, -0.1) is 0 Å². The third-order valence-corrected chi connectivity index (χ3v) is 5.62. The summed E-state index contributed by atoms with van der Waals surface area (Å²) in [6.07, 6.45) is -2.93. The predicted molar refractivity (Wildman–Crippen MR) is 101 cm³/mol. The number of amides is 3. The first-order valence-corrected chi connectivity index (χ1v) is 9.42. The third kappa shape index (κ3) is 4.06. The number of carbonyl (C=O) groups excluding carboxylic acids is 2. The molecular weight excluding hydrogens is 383 g/mol. The molecule has 0 spiro atoms. The molecule has 0 radical (unpaired) electrons. The van der Waals surface area contributed by atoms with Crippen LogP contribution < -0.4 is 10.6 Å². The third-order valence-electron chi connectivity index (χ3n) is 5.62. The summed E-state index contributed by atoms with van der Waals surface area (Å²) in [5, 5.41) is 5.71. The van der Waals surface area contributed by atoms with Crippen LogP contribution >= 0.6 is 0 Å². The molecule has 8 heteroatoms. The summed E-state index contributed by atoms with van der Waals surface area (Å²) in [4.78, 5) is 26.6. The smallest absolute Gasteiger partial charge is 0.349 e. The Hall–Kier alpha value is -3.03. The fraction of sp³-hybridized carbons (Fsp3) is 0.333. The van der Waals surface area contributed by atoms with Crippen LogP contribution in [0.3, 0.4) is 0 Å². The van der Waals surface area contributed by atoms with E-state index < -0.39 is 11.7 Å². The van der Waals surface area contributed by atoms with Gasteiger partial charge in [-0.2, -0.15) is 13.2 Å². The van der Waals surface area contributed by atoms with Crippen molar-refractivity contribution in [3.05, 3.63) is 65.7 Å². The zero-order chi connectivity index (χ0) is 20.6. The van der Waals surface area contributed by atoms with E-state index in [2.05, 4.69) is 10.6 Å². The molecule has 1 aliphatic heterocycles. The van der Waals surface area contributed by atoms with Crippen molar-refractivity contribution in [2.24, 2.45) is 5.92 Å². The van der Waals surface area contributed by atoms with Crippen LogP contribution in [0.2, 0.25) is 0 Å². The molecule has 2 fully saturated rings.